The molecule has 4 nitrogen and oxygen atoms in total. The van der Waals surface area contributed by atoms with Gasteiger partial charge in [-0.3, -0.25) is 0 Å². The van der Waals surface area contributed by atoms with Gasteiger partial charge < -0.3 is 5.11 Å². The van der Waals surface area contributed by atoms with Crippen molar-refractivity contribution in [3.8, 4) is 11.4 Å². The Morgan fingerprint density at radius 3 is 2.81 bits per heavy atom. The highest BCUT2D eigenvalue weighted by Gasteiger charge is 2.07. The number of aromatic nitrogens is 2. The number of hydrogen-bond donors (Lipinski definition) is 1. The summed E-state index contributed by atoms with van der Waals surface area (Å²) in [6.07, 6.45) is 1.41. The summed E-state index contributed by atoms with van der Waals surface area (Å²) in [5.41, 5.74) is 0.653. The Morgan fingerprint density at radius 2 is 2.12 bits per heavy atom. The molecule has 0 atom stereocenters. The topological polar surface area (TPSA) is 63.1 Å². The van der Waals surface area contributed by atoms with E-state index in [9.17, 15) is 4.79 Å². The normalized spacial score (nSPS) is 10.1. The Hall–Kier alpha value is -1.94. The fraction of sp³-hybridized carbons (Fsp3) is 0. The highest BCUT2D eigenvalue weighted by atomic mass is 35.5. The van der Waals surface area contributed by atoms with E-state index in [2.05, 4.69) is 9.97 Å². The van der Waals surface area contributed by atoms with Crippen LogP contribution in [-0.2, 0) is 0 Å². The average molecular weight is 235 g/mol. The fourth-order valence-electron chi connectivity index (χ4n) is 1.24. The first-order valence-corrected chi connectivity index (χ1v) is 4.87. The summed E-state index contributed by atoms with van der Waals surface area (Å²) in [5.74, 6) is -0.729. The van der Waals surface area contributed by atoms with Crippen molar-refractivity contribution < 1.29 is 9.90 Å². The molecule has 0 fully saturated rings. The number of halogens is 1. The lowest BCUT2D eigenvalue weighted by atomic mass is 10.2. The third-order valence-electron chi connectivity index (χ3n) is 1.96. The van der Waals surface area contributed by atoms with Crippen molar-refractivity contribution in [1.29, 1.82) is 0 Å². The first-order chi connectivity index (χ1) is 7.66. The molecular formula is C11H7ClN2O2. The molecule has 0 aliphatic heterocycles. The molecule has 80 valence electrons. The zero-order valence-electron chi connectivity index (χ0n) is 8.09. The fourth-order valence-corrected chi connectivity index (χ4v) is 1.43. The van der Waals surface area contributed by atoms with Gasteiger partial charge in [0.05, 0.1) is 0 Å². The molecule has 1 N–H and O–H groups in total. The smallest absolute Gasteiger partial charge is 0.354 e. The lowest BCUT2D eigenvalue weighted by molar-refractivity contribution is 0.0690. The summed E-state index contributed by atoms with van der Waals surface area (Å²) >= 11 is 5.83. The van der Waals surface area contributed by atoms with E-state index in [1.807, 2.05) is 0 Å². The van der Waals surface area contributed by atoms with Crippen LogP contribution >= 0.6 is 11.6 Å². The van der Waals surface area contributed by atoms with Crippen LogP contribution in [0.4, 0.5) is 0 Å². The highest BCUT2D eigenvalue weighted by molar-refractivity contribution is 6.30. The van der Waals surface area contributed by atoms with Gasteiger partial charge in [-0.2, -0.15) is 0 Å². The summed E-state index contributed by atoms with van der Waals surface area (Å²) in [5, 5.41) is 9.35. The first-order valence-electron chi connectivity index (χ1n) is 4.49. The van der Waals surface area contributed by atoms with Crippen molar-refractivity contribution in [3.05, 3.63) is 47.2 Å². The lowest BCUT2D eigenvalue weighted by Gasteiger charge is -2.01. The second kappa shape index (κ2) is 4.28. The Balaban J connectivity index is 2.48. The molecule has 5 heteroatoms. The van der Waals surface area contributed by atoms with Crippen molar-refractivity contribution in [2.75, 3.05) is 0 Å². The van der Waals surface area contributed by atoms with Gasteiger partial charge in [-0.05, 0) is 18.2 Å². The number of carbonyl (C=O) groups is 1. The number of carboxylic acid groups (broad SMARTS) is 1. The van der Waals surface area contributed by atoms with Crippen LogP contribution in [0.25, 0.3) is 11.4 Å². The second-order valence-electron chi connectivity index (χ2n) is 3.08. The van der Waals surface area contributed by atoms with Gasteiger partial charge in [0.15, 0.2) is 11.5 Å². The number of carboxylic acids is 1. The Kier molecular flexibility index (Phi) is 2.83. The van der Waals surface area contributed by atoms with Crippen LogP contribution in [-0.4, -0.2) is 21.0 Å². The molecule has 2 aromatic rings. The molecule has 0 radical (unpaired) electrons. The molecular weight excluding hydrogens is 228 g/mol. The van der Waals surface area contributed by atoms with Gasteiger partial charge in [-0.1, -0.05) is 23.7 Å². The van der Waals surface area contributed by atoms with Crippen LogP contribution in [0.5, 0.6) is 0 Å². The molecule has 0 saturated carbocycles. The van der Waals surface area contributed by atoms with Crippen molar-refractivity contribution in [2.45, 2.75) is 0 Å². The van der Waals surface area contributed by atoms with Gasteiger partial charge in [0.1, 0.15) is 0 Å². The average Bonchev–Trinajstić information content (AvgIpc) is 2.29. The molecule has 1 aromatic heterocycles. The highest BCUT2D eigenvalue weighted by Crippen LogP contribution is 2.19. The maximum atomic E-state index is 10.7. The summed E-state index contributed by atoms with van der Waals surface area (Å²) in [6.45, 7) is 0. The van der Waals surface area contributed by atoms with Crippen LogP contribution in [0.15, 0.2) is 36.5 Å². The Morgan fingerprint density at radius 1 is 1.31 bits per heavy atom. The maximum Gasteiger partial charge on any atom is 0.354 e. The minimum atomic E-state index is -1.08. The molecule has 0 aliphatic carbocycles. The zero-order chi connectivity index (χ0) is 11.5. The first kappa shape index (κ1) is 10.6. The molecule has 16 heavy (non-hydrogen) atoms. The maximum absolute atomic E-state index is 10.7. The quantitative estimate of drug-likeness (QED) is 0.867. The predicted octanol–water partition coefficient (Wildman–Crippen LogP) is 2.50. The number of nitrogens with zero attached hydrogens (tertiary/aromatic N) is 2. The van der Waals surface area contributed by atoms with Crippen LogP contribution < -0.4 is 0 Å². The third kappa shape index (κ3) is 2.17. The van der Waals surface area contributed by atoms with E-state index >= 15 is 0 Å². The van der Waals surface area contributed by atoms with E-state index in [4.69, 9.17) is 16.7 Å². The van der Waals surface area contributed by atoms with Gasteiger partial charge in [-0.25, -0.2) is 14.8 Å². The van der Waals surface area contributed by atoms with Crippen LogP contribution in [0.3, 0.4) is 0 Å². The minimum Gasteiger partial charge on any atom is -0.477 e. The number of benzene rings is 1. The second-order valence-corrected chi connectivity index (χ2v) is 3.52. The van der Waals surface area contributed by atoms with Crippen molar-refractivity contribution in [2.24, 2.45) is 0 Å². The van der Waals surface area contributed by atoms with E-state index in [-0.39, 0.29) is 5.69 Å². The number of hydrogen-bond acceptors (Lipinski definition) is 3. The molecule has 0 aliphatic rings. The molecule has 0 spiro atoms. The standard InChI is InChI=1S/C11H7ClN2O2/c12-8-3-1-2-7(6-8)10-13-5-4-9(14-10)11(15)16/h1-6H,(H,15,16). The van der Waals surface area contributed by atoms with Crippen molar-refractivity contribution >= 4 is 17.6 Å². The third-order valence-corrected chi connectivity index (χ3v) is 2.19. The Bertz CT molecular complexity index is 543. The van der Waals surface area contributed by atoms with Crippen molar-refractivity contribution in [1.82, 2.24) is 9.97 Å². The van der Waals surface area contributed by atoms with E-state index in [0.717, 1.165) is 0 Å². The summed E-state index contributed by atoms with van der Waals surface area (Å²) in [4.78, 5) is 18.6. The largest absolute Gasteiger partial charge is 0.477 e. The monoisotopic (exact) mass is 234 g/mol. The molecule has 1 heterocycles. The van der Waals surface area contributed by atoms with Crippen LogP contribution in [0.1, 0.15) is 10.5 Å². The van der Waals surface area contributed by atoms with E-state index in [1.54, 1.807) is 24.3 Å². The summed E-state index contributed by atoms with van der Waals surface area (Å²) in [6, 6.07) is 8.28. The summed E-state index contributed by atoms with van der Waals surface area (Å²) < 4.78 is 0. The van der Waals surface area contributed by atoms with Gasteiger partial charge in [-0.15, -0.1) is 0 Å². The van der Waals surface area contributed by atoms with Crippen molar-refractivity contribution in [3.63, 3.8) is 0 Å². The van der Waals surface area contributed by atoms with E-state index in [0.29, 0.717) is 16.4 Å². The minimum absolute atomic E-state index is 0.0371. The van der Waals surface area contributed by atoms with Gasteiger partial charge in [0.25, 0.3) is 0 Å². The van der Waals surface area contributed by atoms with Gasteiger partial charge >= 0.3 is 5.97 Å². The molecule has 0 bridgehead atoms. The van der Waals surface area contributed by atoms with Gasteiger partial charge in [0.2, 0.25) is 0 Å². The SMILES string of the molecule is O=C(O)c1ccnc(-c2cccc(Cl)c2)n1. The Labute approximate surface area is 96.6 Å². The zero-order valence-corrected chi connectivity index (χ0v) is 8.85. The molecule has 0 saturated heterocycles. The molecule has 1 aromatic carbocycles. The summed E-state index contributed by atoms with van der Waals surface area (Å²) in [7, 11) is 0. The van der Waals surface area contributed by atoms with Crippen LogP contribution in [0, 0.1) is 0 Å². The number of rotatable bonds is 2. The van der Waals surface area contributed by atoms with Gasteiger partial charge in [0, 0.05) is 16.8 Å². The molecule has 0 amide bonds. The predicted molar refractivity (Wildman–Crippen MR) is 59.4 cm³/mol. The number of aromatic carboxylic acids is 1. The molecule has 0 unspecified atom stereocenters. The van der Waals surface area contributed by atoms with E-state index < -0.39 is 5.97 Å². The van der Waals surface area contributed by atoms with E-state index in [1.165, 1.54) is 12.3 Å². The molecule has 2 rings (SSSR count). The lowest BCUT2D eigenvalue weighted by Crippen LogP contribution is -2.02. The van der Waals surface area contributed by atoms with Crippen LogP contribution in [0.2, 0.25) is 5.02 Å².